The van der Waals surface area contributed by atoms with Gasteiger partial charge >= 0.3 is 0 Å². The van der Waals surface area contributed by atoms with Crippen molar-refractivity contribution in [2.24, 2.45) is 5.92 Å². The SMILES string of the molecule is CCCNCC(CCC)N1CCC(C)CC1. The van der Waals surface area contributed by atoms with E-state index in [1.54, 1.807) is 0 Å². The van der Waals surface area contributed by atoms with Gasteiger partial charge in [-0.25, -0.2) is 0 Å². The van der Waals surface area contributed by atoms with Gasteiger partial charge in [-0.05, 0) is 51.2 Å². The van der Waals surface area contributed by atoms with Crippen LogP contribution >= 0.6 is 0 Å². The first kappa shape index (κ1) is 14.0. The summed E-state index contributed by atoms with van der Waals surface area (Å²) in [6.07, 6.45) is 6.70. The molecular weight excluding hydrogens is 196 g/mol. The summed E-state index contributed by atoms with van der Waals surface area (Å²) in [6, 6.07) is 0.782. The fourth-order valence-corrected chi connectivity index (χ4v) is 2.59. The highest BCUT2D eigenvalue weighted by Gasteiger charge is 2.22. The molecule has 1 fully saturated rings. The van der Waals surface area contributed by atoms with Crippen LogP contribution in [0.2, 0.25) is 0 Å². The number of nitrogens with zero attached hydrogens (tertiary/aromatic N) is 1. The monoisotopic (exact) mass is 226 g/mol. The normalized spacial score (nSPS) is 21.2. The second-order valence-electron chi connectivity index (χ2n) is 5.37. The molecule has 0 bridgehead atoms. The molecule has 0 saturated carbocycles. The van der Waals surface area contributed by atoms with Gasteiger partial charge in [-0.2, -0.15) is 0 Å². The Kier molecular flexibility index (Phi) is 7.06. The van der Waals surface area contributed by atoms with Crippen molar-refractivity contribution in [3.05, 3.63) is 0 Å². The van der Waals surface area contributed by atoms with Gasteiger partial charge in [-0.15, -0.1) is 0 Å². The summed E-state index contributed by atoms with van der Waals surface area (Å²) in [5, 5.41) is 3.59. The summed E-state index contributed by atoms with van der Waals surface area (Å²) in [5.41, 5.74) is 0. The van der Waals surface area contributed by atoms with Crippen LogP contribution in [0.25, 0.3) is 0 Å². The molecule has 1 N–H and O–H groups in total. The zero-order valence-electron chi connectivity index (χ0n) is 11.5. The average molecular weight is 226 g/mol. The minimum absolute atomic E-state index is 0.782. The van der Waals surface area contributed by atoms with Crippen molar-refractivity contribution < 1.29 is 0 Å². The van der Waals surface area contributed by atoms with Crippen LogP contribution in [0, 0.1) is 5.92 Å². The van der Waals surface area contributed by atoms with E-state index in [9.17, 15) is 0 Å². The maximum absolute atomic E-state index is 3.59. The van der Waals surface area contributed by atoms with E-state index in [1.165, 1.54) is 58.3 Å². The van der Waals surface area contributed by atoms with Crippen molar-refractivity contribution in [1.82, 2.24) is 10.2 Å². The quantitative estimate of drug-likeness (QED) is 0.672. The molecule has 1 aliphatic rings. The molecular formula is C14H30N2. The van der Waals surface area contributed by atoms with Gasteiger partial charge in [0, 0.05) is 12.6 Å². The van der Waals surface area contributed by atoms with Gasteiger partial charge in [0.05, 0.1) is 0 Å². The summed E-state index contributed by atoms with van der Waals surface area (Å²) < 4.78 is 0. The molecule has 96 valence electrons. The highest BCUT2D eigenvalue weighted by Crippen LogP contribution is 2.19. The molecule has 2 nitrogen and oxygen atoms in total. The molecule has 0 spiro atoms. The largest absolute Gasteiger partial charge is 0.315 e. The van der Waals surface area contributed by atoms with Crippen molar-refractivity contribution in [3.63, 3.8) is 0 Å². The first-order valence-electron chi connectivity index (χ1n) is 7.22. The van der Waals surface area contributed by atoms with Crippen LogP contribution in [0.1, 0.15) is 52.9 Å². The van der Waals surface area contributed by atoms with Crippen LogP contribution < -0.4 is 5.32 Å². The highest BCUT2D eigenvalue weighted by atomic mass is 15.2. The van der Waals surface area contributed by atoms with Crippen LogP contribution in [0.4, 0.5) is 0 Å². The first-order chi connectivity index (χ1) is 7.77. The van der Waals surface area contributed by atoms with Gasteiger partial charge in [-0.3, -0.25) is 4.90 Å². The van der Waals surface area contributed by atoms with Gasteiger partial charge in [0.2, 0.25) is 0 Å². The Labute approximate surface area is 102 Å². The number of nitrogens with one attached hydrogen (secondary N) is 1. The fraction of sp³-hybridized carbons (Fsp3) is 1.00. The van der Waals surface area contributed by atoms with Gasteiger partial charge in [-0.1, -0.05) is 27.2 Å². The van der Waals surface area contributed by atoms with Crippen molar-refractivity contribution in [2.45, 2.75) is 58.9 Å². The van der Waals surface area contributed by atoms with Crippen LogP contribution in [0.5, 0.6) is 0 Å². The number of rotatable bonds is 7. The molecule has 0 amide bonds. The third-order valence-corrected chi connectivity index (χ3v) is 3.76. The maximum Gasteiger partial charge on any atom is 0.0220 e. The van der Waals surface area contributed by atoms with Crippen LogP contribution in [-0.4, -0.2) is 37.1 Å². The molecule has 2 heteroatoms. The zero-order valence-corrected chi connectivity index (χ0v) is 11.5. The van der Waals surface area contributed by atoms with Gasteiger partial charge in [0.1, 0.15) is 0 Å². The van der Waals surface area contributed by atoms with E-state index in [2.05, 4.69) is 31.0 Å². The molecule has 0 radical (unpaired) electrons. The van der Waals surface area contributed by atoms with Crippen LogP contribution in [-0.2, 0) is 0 Å². The molecule has 1 atom stereocenters. The second kappa shape index (κ2) is 8.08. The lowest BCUT2D eigenvalue weighted by Gasteiger charge is -2.37. The smallest absolute Gasteiger partial charge is 0.0220 e. The van der Waals surface area contributed by atoms with E-state index >= 15 is 0 Å². The van der Waals surface area contributed by atoms with E-state index in [0.29, 0.717) is 0 Å². The Morgan fingerprint density at radius 2 is 1.88 bits per heavy atom. The lowest BCUT2D eigenvalue weighted by molar-refractivity contribution is 0.129. The summed E-state index contributed by atoms with van der Waals surface area (Å²) >= 11 is 0. The Balaban J connectivity index is 2.30. The van der Waals surface area contributed by atoms with Crippen molar-refractivity contribution in [3.8, 4) is 0 Å². The summed E-state index contributed by atoms with van der Waals surface area (Å²) in [7, 11) is 0. The summed E-state index contributed by atoms with van der Waals surface area (Å²) in [6.45, 7) is 11.9. The Morgan fingerprint density at radius 3 is 2.44 bits per heavy atom. The topological polar surface area (TPSA) is 15.3 Å². The lowest BCUT2D eigenvalue weighted by Crippen LogP contribution is -2.46. The molecule has 1 unspecified atom stereocenters. The maximum atomic E-state index is 3.59. The fourth-order valence-electron chi connectivity index (χ4n) is 2.59. The minimum atomic E-state index is 0.782. The standard InChI is InChI=1S/C14H30N2/c1-4-6-14(12-15-9-5-2)16-10-7-13(3)8-11-16/h13-15H,4-12H2,1-3H3. The zero-order chi connectivity index (χ0) is 11.8. The van der Waals surface area contributed by atoms with E-state index in [-0.39, 0.29) is 0 Å². The molecule has 1 aliphatic heterocycles. The van der Waals surface area contributed by atoms with E-state index in [1.807, 2.05) is 0 Å². The lowest BCUT2D eigenvalue weighted by atomic mass is 9.97. The van der Waals surface area contributed by atoms with E-state index < -0.39 is 0 Å². The molecule has 1 heterocycles. The molecule has 0 aromatic carbocycles. The van der Waals surface area contributed by atoms with Crippen LogP contribution in [0.15, 0.2) is 0 Å². The van der Waals surface area contributed by atoms with Crippen molar-refractivity contribution in [1.29, 1.82) is 0 Å². The minimum Gasteiger partial charge on any atom is -0.315 e. The summed E-state index contributed by atoms with van der Waals surface area (Å²) in [4.78, 5) is 2.71. The average Bonchev–Trinajstić information content (AvgIpc) is 2.29. The van der Waals surface area contributed by atoms with Crippen LogP contribution in [0.3, 0.4) is 0 Å². The third kappa shape index (κ3) is 4.84. The van der Waals surface area contributed by atoms with Crippen molar-refractivity contribution >= 4 is 0 Å². The number of likely N-dealkylation sites (tertiary alicyclic amines) is 1. The van der Waals surface area contributed by atoms with Gasteiger partial charge in [0.25, 0.3) is 0 Å². The van der Waals surface area contributed by atoms with Gasteiger partial charge in [0.15, 0.2) is 0 Å². The Hall–Kier alpha value is -0.0800. The molecule has 16 heavy (non-hydrogen) atoms. The molecule has 1 saturated heterocycles. The van der Waals surface area contributed by atoms with E-state index in [4.69, 9.17) is 0 Å². The Morgan fingerprint density at radius 1 is 1.19 bits per heavy atom. The van der Waals surface area contributed by atoms with Crippen molar-refractivity contribution in [2.75, 3.05) is 26.2 Å². The highest BCUT2D eigenvalue weighted by molar-refractivity contribution is 4.78. The predicted molar refractivity (Wildman–Crippen MR) is 71.8 cm³/mol. The second-order valence-corrected chi connectivity index (χ2v) is 5.37. The first-order valence-corrected chi connectivity index (χ1v) is 7.22. The number of hydrogen-bond acceptors (Lipinski definition) is 2. The number of piperidine rings is 1. The van der Waals surface area contributed by atoms with E-state index in [0.717, 1.165) is 12.0 Å². The molecule has 1 rings (SSSR count). The number of hydrogen-bond donors (Lipinski definition) is 1. The predicted octanol–water partition coefficient (Wildman–Crippen LogP) is 2.89. The molecule has 0 aliphatic carbocycles. The Bertz CT molecular complexity index is 162. The third-order valence-electron chi connectivity index (χ3n) is 3.76. The molecule has 0 aromatic rings. The van der Waals surface area contributed by atoms with Gasteiger partial charge < -0.3 is 5.32 Å². The summed E-state index contributed by atoms with van der Waals surface area (Å²) in [5.74, 6) is 0.946. The molecule has 0 aromatic heterocycles.